The van der Waals surface area contributed by atoms with Gasteiger partial charge >= 0.3 is 0 Å². The third-order valence-electron chi connectivity index (χ3n) is 4.75. The van der Waals surface area contributed by atoms with Crippen molar-refractivity contribution in [1.82, 2.24) is 5.01 Å². The minimum absolute atomic E-state index is 0.749. The second-order valence-corrected chi connectivity index (χ2v) is 6.97. The number of hydrazone groups is 1. The fourth-order valence-corrected chi connectivity index (χ4v) is 3.33. The molecule has 0 heterocycles. The molecule has 4 aromatic rings. The summed E-state index contributed by atoms with van der Waals surface area (Å²) in [4.78, 5) is 0. The van der Waals surface area contributed by atoms with Crippen molar-refractivity contribution in [3.8, 4) is 0 Å². The van der Waals surface area contributed by atoms with E-state index in [0.29, 0.717) is 0 Å². The van der Waals surface area contributed by atoms with E-state index in [-0.39, 0.29) is 0 Å². The van der Waals surface area contributed by atoms with Gasteiger partial charge < -0.3 is 0 Å². The van der Waals surface area contributed by atoms with Crippen molar-refractivity contribution in [2.75, 3.05) is 0 Å². The van der Waals surface area contributed by atoms with Gasteiger partial charge in [-0.2, -0.15) is 5.10 Å². The highest BCUT2D eigenvalue weighted by atomic mass is 15.4. The molecule has 142 valence electrons. The van der Waals surface area contributed by atoms with Gasteiger partial charge in [0.2, 0.25) is 0 Å². The predicted octanol–water partition coefficient (Wildman–Crippen LogP) is 6.14. The van der Waals surface area contributed by atoms with Crippen LogP contribution in [-0.2, 0) is 13.1 Å². The maximum atomic E-state index is 5.16. The zero-order valence-corrected chi connectivity index (χ0v) is 16.4. The van der Waals surface area contributed by atoms with Gasteiger partial charge in [0.25, 0.3) is 0 Å². The molecule has 0 bridgehead atoms. The molecule has 0 saturated heterocycles. The quantitative estimate of drug-likeness (QED) is 0.279. The summed E-state index contributed by atoms with van der Waals surface area (Å²) in [7, 11) is 0. The summed E-state index contributed by atoms with van der Waals surface area (Å²) >= 11 is 0. The summed E-state index contributed by atoms with van der Waals surface area (Å²) in [6.07, 6.45) is 0. The second kappa shape index (κ2) is 9.52. The van der Waals surface area contributed by atoms with E-state index >= 15 is 0 Å². The number of benzene rings is 4. The van der Waals surface area contributed by atoms with Crippen LogP contribution in [0.3, 0.4) is 0 Å². The minimum Gasteiger partial charge on any atom is -0.288 e. The molecule has 29 heavy (non-hydrogen) atoms. The fraction of sp³-hybridized carbons (Fsp3) is 0.0741. The first-order valence-corrected chi connectivity index (χ1v) is 9.91. The van der Waals surface area contributed by atoms with Crippen LogP contribution >= 0.6 is 0 Å². The largest absolute Gasteiger partial charge is 0.288 e. The van der Waals surface area contributed by atoms with Gasteiger partial charge in [0.15, 0.2) is 0 Å². The highest BCUT2D eigenvalue weighted by molar-refractivity contribution is 6.12. The molecule has 0 aliphatic carbocycles. The third kappa shape index (κ3) is 5.20. The molecule has 0 saturated carbocycles. The highest BCUT2D eigenvalue weighted by Crippen LogP contribution is 2.16. The number of hydrogen-bond acceptors (Lipinski definition) is 2. The van der Waals surface area contributed by atoms with Crippen LogP contribution in [0.25, 0.3) is 0 Å². The van der Waals surface area contributed by atoms with Crippen molar-refractivity contribution < 1.29 is 0 Å². The Morgan fingerprint density at radius 2 is 0.828 bits per heavy atom. The Morgan fingerprint density at radius 3 is 1.21 bits per heavy atom. The van der Waals surface area contributed by atoms with Crippen LogP contribution in [0.2, 0.25) is 0 Å². The molecule has 0 radical (unpaired) electrons. The highest BCUT2D eigenvalue weighted by Gasteiger charge is 2.11. The molecule has 4 aromatic carbocycles. The Kier molecular flexibility index (Phi) is 6.14. The lowest BCUT2D eigenvalue weighted by atomic mass is 10.0. The van der Waals surface area contributed by atoms with Crippen molar-refractivity contribution >= 4 is 5.71 Å². The smallest absolute Gasteiger partial charge is 0.0976 e. The molecule has 0 spiro atoms. The maximum Gasteiger partial charge on any atom is 0.0976 e. The second-order valence-electron chi connectivity index (χ2n) is 6.97. The summed E-state index contributed by atoms with van der Waals surface area (Å²) in [5.74, 6) is 0. The van der Waals surface area contributed by atoms with Crippen LogP contribution in [0, 0.1) is 0 Å². The zero-order chi connectivity index (χ0) is 19.7. The van der Waals surface area contributed by atoms with Gasteiger partial charge in [-0.3, -0.25) is 5.01 Å². The molecule has 0 unspecified atom stereocenters. The molecular weight excluding hydrogens is 352 g/mol. The summed E-state index contributed by atoms with van der Waals surface area (Å²) in [5.41, 5.74) is 5.70. The third-order valence-corrected chi connectivity index (χ3v) is 4.75. The van der Waals surface area contributed by atoms with E-state index < -0.39 is 0 Å². The van der Waals surface area contributed by atoms with Gasteiger partial charge in [0.1, 0.15) is 0 Å². The minimum atomic E-state index is 0.749. The Morgan fingerprint density at radius 1 is 0.483 bits per heavy atom. The summed E-state index contributed by atoms with van der Waals surface area (Å²) in [6, 6.07) is 41.8. The van der Waals surface area contributed by atoms with Crippen LogP contribution in [0.1, 0.15) is 22.3 Å². The average molecular weight is 377 g/mol. The standard InChI is InChI=1S/C27H24N2/c1-5-13-23(14-6-1)21-29(22-24-15-7-2-8-16-24)28-27(25-17-9-3-10-18-25)26-19-11-4-12-20-26/h1-20H,21-22H2. The van der Waals surface area contributed by atoms with E-state index in [2.05, 4.69) is 102 Å². The van der Waals surface area contributed by atoms with Crippen molar-refractivity contribution in [3.63, 3.8) is 0 Å². The van der Waals surface area contributed by atoms with Crippen molar-refractivity contribution in [2.45, 2.75) is 13.1 Å². The molecule has 0 fully saturated rings. The van der Waals surface area contributed by atoms with Gasteiger partial charge in [-0.1, -0.05) is 121 Å². The van der Waals surface area contributed by atoms with E-state index in [1.54, 1.807) is 0 Å². The van der Waals surface area contributed by atoms with Crippen molar-refractivity contribution in [1.29, 1.82) is 0 Å². The topological polar surface area (TPSA) is 15.6 Å². The lowest BCUT2D eigenvalue weighted by Gasteiger charge is -2.22. The molecule has 0 N–H and O–H groups in total. The molecular formula is C27H24N2. The van der Waals surface area contributed by atoms with E-state index in [1.165, 1.54) is 11.1 Å². The molecule has 0 aliphatic rings. The van der Waals surface area contributed by atoms with Crippen LogP contribution < -0.4 is 0 Å². The first-order valence-electron chi connectivity index (χ1n) is 9.91. The van der Waals surface area contributed by atoms with Crippen LogP contribution in [-0.4, -0.2) is 10.7 Å². The van der Waals surface area contributed by atoms with E-state index in [1.807, 2.05) is 24.3 Å². The molecule has 0 aliphatic heterocycles. The van der Waals surface area contributed by atoms with Gasteiger partial charge in [0.05, 0.1) is 18.8 Å². The Balaban J connectivity index is 1.74. The zero-order valence-electron chi connectivity index (χ0n) is 16.4. The van der Waals surface area contributed by atoms with E-state index in [0.717, 1.165) is 29.9 Å². The van der Waals surface area contributed by atoms with E-state index in [9.17, 15) is 0 Å². The van der Waals surface area contributed by atoms with Gasteiger partial charge in [0, 0.05) is 11.1 Å². The van der Waals surface area contributed by atoms with Gasteiger partial charge in [-0.25, -0.2) is 0 Å². The summed E-state index contributed by atoms with van der Waals surface area (Å²) in [6.45, 7) is 1.50. The van der Waals surface area contributed by atoms with Crippen LogP contribution in [0.15, 0.2) is 126 Å². The Bertz CT molecular complexity index is 944. The molecule has 0 amide bonds. The summed E-state index contributed by atoms with van der Waals surface area (Å²) < 4.78 is 0. The van der Waals surface area contributed by atoms with Crippen LogP contribution in [0.4, 0.5) is 0 Å². The molecule has 0 atom stereocenters. The van der Waals surface area contributed by atoms with Crippen molar-refractivity contribution in [3.05, 3.63) is 144 Å². The number of rotatable bonds is 7. The van der Waals surface area contributed by atoms with Crippen molar-refractivity contribution in [2.24, 2.45) is 5.10 Å². The fourth-order valence-electron chi connectivity index (χ4n) is 3.33. The Hall–Kier alpha value is -3.65. The first-order chi connectivity index (χ1) is 14.4. The summed E-state index contributed by atoms with van der Waals surface area (Å²) in [5, 5.41) is 7.31. The molecule has 2 nitrogen and oxygen atoms in total. The first kappa shape index (κ1) is 18.7. The molecule has 2 heteroatoms. The molecule has 4 rings (SSSR count). The Labute approximate surface area is 172 Å². The number of hydrogen-bond donors (Lipinski definition) is 0. The lowest BCUT2D eigenvalue weighted by Crippen LogP contribution is -2.20. The average Bonchev–Trinajstić information content (AvgIpc) is 2.80. The van der Waals surface area contributed by atoms with Gasteiger partial charge in [-0.15, -0.1) is 0 Å². The monoisotopic (exact) mass is 376 g/mol. The normalized spacial score (nSPS) is 10.3. The molecule has 0 aromatic heterocycles. The number of nitrogens with zero attached hydrogens (tertiary/aromatic N) is 2. The van der Waals surface area contributed by atoms with Crippen LogP contribution in [0.5, 0.6) is 0 Å². The predicted molar refractivity (Wildman–Crippen MR) is 121 cm³/mol. The van der Waals surface area contributed by atoms with E-state index in [4.69, 9.17) is 5.10 Å². The van der Waals surface area contributed by atoms with Gasteiger partial charge in [-0.05, 0) is 11.1 Å². The lowest BCUT2D eigenvalue weighted by molar-refractivity contribution is 0.271. The maximum absolute atomic E-state index is 5.16. The SMILES string of the molecule is c1ccc(CN(Cc2ccccc2)N=C(c2ccccc2)c2ccccc2)cc1.